The molecule has 0 saturated heterocycles. The van der Waals surface area contributed by atoms with Gasteiger partial charge < -0.3 is 9.84 Å². The molecule has 0 aliphatic rings. The van der Waals surface area contributed by atoms with Crippen LogP contribution in [-0.2, 0) is 0 Å². The summed E-state index contributed by atoms with van der Waals surface area (Å²) in [7, 11) is 0. The van der Waals surface area contributed by atoms with E-state index in [1.807, 2.05) is 6.92 Å². The molecule has 5 nitrogen and oxygen atoms in total. The molecule has 2 heterocycles. The second-order valence-corrected chi connectivity index (χ2v) is 3.40. The molecule has 0 aromatic carbocycles. The lowest BCUT2D eigenvalue weighted by Gasteiger charge is -2.04. The van der Waals surface area contributed by atoms with E-state index in [-0.39, 0.29) is 11.6 Å². The van der Waals surface area contributed by atoms with Crippen LogP contribution in [0.25, 0.3) is 0 Å². The molecule has 5 heteroatoms. The van der Waals surface area contributed by atoms with Gasteiger partial charge in [0.05, 0.1) is 6.20 Å². The number of pyridine rings is 2. The second-order valence-electron chi connectivity index (χ2n) is 3.40. The van der Waals surface area contributed by atoms with Gasteiger partial charge in [0.15, 0.2) is 5.69 Å². The number of aromatic nitrogens is 2. The number of carboxylic acid groups (broad SMARTS) is 1. The highest BCUT2D eigenvalue weighted by atomic mass is 16.5. The Hall–Kier alpha value is -2.43. The highest BCUT2D eigenvalue weighted by Crippen LogP contribution is 2.18. The normalized spacial score (nSPS) is 9.94. The molecule has 0 atom stereocenters. The quantitative estimate of drug-likeness (QED) is 0.875. The molecule has 86 valence electrons. The Labute approximate surface area is 97.7 Å². The summed E-state index contributed by atoms with van der Waals surface area (Å²) in [6.07, 6.45) is 1.56. The van der Waals surface area contributed by atoms with Gasteiger partial charge in [0.2, 0.25) is 5.88 Å². The predicted octanol–water partition coefficient (Wildman–Crippen LogP) is 2.28. The number of rotatable bonds is 3. The van der Waals surface area contributed by atoms with E-state index in [4.69, 9.17) is 9.84 Å². The molecule has 2 rings (SSSR count). The number of nitrogens with zero attached hydrogens (tertiary/aromatic N) is 2. The number of aromatic carboxylic acids is 1. The van der Waals surface area contributed by atoms with Gasteiger partial charge in [0.25, 0.3) is 0 Å². The third-order valence-electron chi connectivity index (χ3n) is 2.05. The minimum absolute atomic E-state index is 0.0532. The van der Waals surface area contributed by atoms with Gasteiger partial charge in [-0.3, -0.25) is 4.98 Å². The van der Waals surface area contributed by atoms with Crippen molar-refractivity contribution >= 4 is 5.97 Å². The number of aryl methyl sites for hydroxylation is 1. The molecule has 2 aromatic heterocycles. The lowest BCUT2D eigenvalue weighted by Crippen LogP contribution is -2.00. The summed E-state index contributed by atoms with van der Waals surface area (Å²) < 4.78 is 5.39. The average Bonchev–Trinajstić information content (AvgIpc) is 2.32. The Balaban J connectivity index is 2.21. The standard InChI is InChI=1S/C12H10N2O3/c1-8-5-6-9(7-13-8)17-11-4-2-3-10(14-11)12(15)16/h2-7H,1H3,(H,15,16). The van der Waals surface area contributed by atoms with Crippen molar-refractivity contribution in [2.24, 2.45) is 0 Å². The maximum Gasteiger partial charge on any atom is 0.354 e. The largest absolute Gasteiger partial charge is 0.477 e. The van der Waals surface area contributed by atoms with Crippen LogP contribution in [0, 0.1) is 6.92 Å². The highest BCUT2D eigenvalue weighted by Gasteiger charge is 2.06. The van der Waals surface area contributed by atoms with Crippen LogP contribution >= 0.6 is 0 Å². The monoisotopic (exact) mass is 230 g/mol. The fraction of sp³-hybridized carbons (Fsp3) is 0.0833. The van der Waals surface area contributed by atoms with Crippen molar-refractivity contribution in [3.8, 4) is 11.6 Å². The van der Waals surface area contributed by atoms with Gasteiger partial charge in [0, 0.05) is 11.8 Å². The zero-order valence-electron chi connectivity index (χ0n) is 9.12. The van der Waals surface area contributed by atoms with Crippen molar-refractivity contribution in [1.29, 1.82) is 0 Å². The molecule has 0 fully saturated rings. The number of carboxylic acids is 1. The Morgan fingerprint density at radius 3 is 2.76 bits per heavy atom. The van der Waals surface area contributed by atoms with Gasteiger partial charge >= 0.3 is 5.97 Å². The lowest BCUT2D eigenvalue weighted by molar-refractivity contribution is 0.0689. The molecule has 0 bridgehead atoms. The summed E-state index contributed by atoms with van der Waals surface area (Å²) in [5, 5.41) is 8.78. The molecular weight excluding hydrogens is 220 g/mol. The zero-order valence-corrected chi connectivity index (χ0v) is 9.12. The SMILES string of the molecule is Cc1ccc(Oc2cccc(C(=O)O)n2)cn1. The summed E-state index contributed by atoms with van der Waals surface area (Å²) in [6, 6.07) is 8.12. The summed E-state index contributed by atoms with van der Waals surface area (Å²) in [5.41, 5.74) is 0.826. The first-order valence-corrected chi connectivity index (χ1v) is 4.96. The van der Waals surface area contributed by atoms with Crippen molar-refractivity contribution in [2.75, 3.05) is 0 Å². The topological polar surface area (TPSA) is 72.3 Å². The maximum absolute atomic E-state index is 10.7. The number of hydrogen-bond acceptors (Lipinski definition) is 4. The van der Waals surface area contributed by atoms with Crippen LogP contribution < -0.4 is 4.74 Å². The molecule has 0 amide bonds. The molecular formula is C12H10N2O3. The third-order valence-corrected chi connectivity index (χ3v) is 2.05. The van der Waals surface area contributed by atoms with Crippen LogP contribution in [0.3, 0.4) is 0 Å². The van der Waals surface area contributed by atoms with E-state index in [2.05, 4.69) is 9.97 Å². The van der Waals surface area contributed by atoms with Crippen molar-refractivity contribution in [3.63, 3.8) is 0 Å². The molecule has 1 N–H and O–H groups in total. The summed E-state index contributed by atoms with van der Waals surface area (Å²) in [6.45, 7) is 1.87. The number of carbonyl (C=O) groups is 1. The molecule has 0 spiro atoms. The van der Waals surface area contributed by atoms with Gasteiger partial charge in [-0.25, -0.2) is 9.78 Å². The first-order chi connectivity index (χ1) is 8.15. The maximum atomic E-state index is 10.7. The van der Waals surface area contributed by atoms with Crippen molar-refractivity contribution in [2.45, 2.75) is 6.92 Å². The van der Waals surface area contributed by atoms with Crippen molar-refractivity contribution in [1.82, 2.24) is 9.97 Å². The summed E-state index contributed by atoms with van der Waals surface area (Å²) in [4.78, 5) is 18.6. The van der Waals surface area contributed by atoms with Crippen LogP contribution in [0.1, 0.15) is 16.2 Å². The smallest absolute Gasteiger partial charge is 0.354 e. The van der Waals surface area contributed by atoms with Crippen molar-refractivity contribution < 1.29 is 14.6 Å². The van der Waals surface area contributed by atoms with Crippen LogP contribution in [0.15, 0.2) is 36.5 Å². The molecule has 0 aliphatic heterocycles. The summed E-state index contributed by atoms with van der Waals surface area (Å²) in [5.74, 6) is -0.335. The van der Waals surface area contributed by atoms with E-state index in [9.17, 15) is 4.79 Å². The Morgan fingerprint density at radius 2 is 2.12 bits per heavy atom. The molecule has 17 heavy (non-hydrogen) atoms. The van der Waals surface area contributed by atoms with Gasteiger partial charge in [-0.1, -0.05) is 6.07 Å². The lowest BCUT2D eigenvalue weighted by atomic mass is 10.3. The predicted molar refractivity (Wildman–Crippen MR) is 60.2 cm³/mol. The van der Waals surface area contributed by atoms with Crippen LogP contribution in [0.5, 0.6) is 11.6 Å². The van der Waals surface area contributed by atoms with Crippen LogP contribution in [-0.4, -0.2) is 21.0 Å². The van der Waals surface area contributed by atoms with Gasteiger partial charge in [0.1, 0.15) is 5.75 Å². The summed E-state index contributed by atoms with van der Waals surface area (Å²) >= 11 is 0. The van der Waals surface area contributed by atoms with Crippen LogP contribution in [0.2, 0.25) is 0 Å². The first kappa shape index (κ1) is 11.1. The number of hydrogen-bond donors (Lipinski definition) is 1. The average molecular weight is 230 g/mol. The minimum Gasteiger partial charge on any atom is -0.477 e. The third kappa shape index (κ3) is 2.78. The Morgan fingerprint density at radius 1 is 1.29 bits per heavy atom. The fourth-order valence-corrected chi connectivity index (χ4v) is 1.23. The minimum atomic E-state index is -1.09. The molecule has 2 aromatic rings. The Bertz CT molecular complexity index is 538. The highest BCUT2D eigenvalue weighted by molar-refractivity contribution is 5.85. The van der Waals surface area contributed by atoms with E-state index >= 15 is 0 Å². The molecule has 0 unspecified atom stereocenters. The zero-order chi connectivity index (χ0) is 12.3. The Kier molecular flexibility index (Phi) is 3.00. The fourth-order valence-electron chi connectivity index (χ4n) is 1.23. The van der Waals surface area contributed by atoms with E-state index in [1.54, 1.807) is 30.5 Å². The second kappa shape index (κ2) is 4.61. The van der Waals surface area contributed by atoms with E-state index in [0.717, 1.165) is 5.69 Å². The van der Waals surface area contributed by atoms with E-state index in [0.29, 0.717) is 5.75 Å². The van der Waals surface area contributed by atoms with Crippen molar-refractivity contribution in [3.05, 3.63) is 47.9 Å². The van der Waals surface area contributed by atoms with Gasteiger partial charge in [-0.2, -0.15) is 0 Å². The van der Waals surface area contributed by atoms with Gasteiger partial charge in [-0.15, -0.1) is 0 Å². The number of ether oxygens (including phenoxy) is 1. The van der Waals surface area contributed by atoms with Gasteiger partial charge in [-0.05, 0) is 25.1 Å². The molecule has 0 aliphatic carbocycles. The van der Waals surface area contributed by atoms with Crippen LogP contribution in [0.4, 0.5) is 0 Å². The molecule has 0 saturated carbocycles. The first-order valence-electron chi connectivity index (χ1n) is 4.96. The van der Waals surface area contributed by atoms with E-state index < -0.39 is 5.97 Å². The molecule has 0 radical (unpaired) electrons. The van der Waals surface area contributed by atoms with E-state index in [1.165, 1.54) is 6.07 Å².